The molecule has 0 atom stereocenters. The van der Waals surface area contributed by atoms with E-state index in [0.29, 0.717) is 31.2 Å². The molecule has 42 heavy (non-hydrogen) atoms. The Morgan fingerprint density at radius 3 is 2.31 bits per heavy atom. The molecule has 0 bridgehead atoms. The number of amides is 1. The minimum Gasteiger partial charge on any atom is -0.349 e. The van der Waals surface area contributed by atoms with Crippen molar-refractivity contribution in [3.05, 3.63) is 74.3 Å². The minimum absolute atomic E-state index is 0.0237. The largest absolute Gasteiger partial charge is 0.349 e. The van der Waals surface area contributed by atoms with Crippen molar-refractivity contribution in [2.75, 3.05) is 11.5 Å². The fourth-order valence-corrected chi connectivity index (χ4v) is 7.56. The van der Waals surface area contributed by atoms with E-state index in [9.17, 15) is 18.8 Å². The van der Waals surface area contributed by atoms with Crippen LogP contribution in [0.25, 0.3) is 11.0 Å². The highest BCUT2D eigenvalue weighted by Crippen LogP contribution is 2.30. The van der Waals surface area contributed by atoms with Crippen molar-refractivity contribution < 1.29 is 9.18 Å². The van der Waals surface area contributed by atoms with Crippen LogP contribution in [0.5, 0.6) is 0 Å². The normalized spacial score (nSPS) is 19.7. The summed E-state index contributed by atoms with van der Waals surface area (Å²) < 4.78 is 17.1. The van der Waals surface area contributed by atoms with E-state index in [1.54, 1.807) is 4.57 Å². The second kappa shape index (κ2) is 14.5. The lowest BCUT2D eigenvalue weighted by Crippen LogP contribution is -2.46. The number of nitrogens with one attached hydrogen (secondary N) is 1. The lowest BCUT2D eigenvalue weighted by atomic mass is 9.90. The number of carbonyl (C=O) groups excluding carboxylic acids is 1. The van der Waals surface area contributed by atoms with Crippen LogP contribution in [0.2, 0.25) is 0 Å². The summed E-state index contributed by atoms with van der Waals surface area (Å²) in [6, 6.07) is 8.75. The molecule has 226 valence electrons. The van der Waals surface area contributed by atoms with Gasteiger partial charge in [0.1, 0.15) is 11.5 Å². The molecule has 1 aromatic carbocycles. The molecule has 5 rings (SSSR count). The number of carbonyl (C=O) groups is 1. The van der Waals surface area contributed by atoms with Crippen LogP contribution in [0.1, 0.15) is 112 Å². The van der Waals surface area contributed by atoms with E-state index in [0.717, 1.165) is 37.0 Å². The molecule has 3 heterocycles. The van der Waals surface area contributed by atoms with Gasteiger partial charge in [-0.3, -0.25) is 18.7 Å². The van der Waals surface area contributed by atoms with Gasteiger partial charge < -0.3 is 5.32 Å². The van der Waals surface area contributed by atoms with Crippen molar-refractivity contribution in [1.82, 2.24) is 19.4 Å². The summed E-state index contributed by atoms with van der Waals surface area (Å²) in [6.45, 7) is 2.23. The number of thioether (sulfide) groups is 1. The molecule has 0 unspecified atom stereocenters. The molecular weight excluding hydrogens is 551 g/mol. The quantitative estimate of drug-likeness (QED) is 0.254. The number of aromatic nitrogens is 3. The average Bonchev–Trinajstić information content (AvgIpc) is 3.01. The Bertz CT molecular complexity index is 1470. The van der Waals surface area contributed by atoms with Crippen LogP contribution < -0.4 is 16.6 Å². The van der Waals surface area contributed by atoms with Crippen molar-refractivity contribution in [1.29, 1.82) is 0 Å². The number of hydrogen-bond acceptors (Lipinski definition) is 5. The maximum atomic E-state index is 14.2. The highest BCUT2D eigenvalue weighted by atomic mass is 32.2. The standard InChI is InChI=1S/C33H43FN4O3S/c1-2-3-4-5-6-7-8-23-9-11-24(12-10-23)31(39)36-26-13-15-27(16-14-26)38-32(40)29-21-25(34)22-35-30(29)37(33(38)41)28-17-19-42-20-18-28/h9-12,21-22,26-28H,2-8,13-20H2,1H3,(H,36,39). The highest BCUT2D eigenvalue weighted by Gasteiger charge is 2.29. The highest BCUT2D eigenvalue weighted by molar-refractivity contribution is 7.99. The number of nitrogens with zero attached hydrogens (tertiary/aromatic N) is 3. The molecule has 0 radical (unpaired) electrons. The van der Waals surface area contributed by atoms with Crippen LogP contribution in [0.3, 0.4) is 0 Å². The molecule has 1 N–H and O–H groups in total. The van der Waals surface area contributed by atoms with Crippen LogP contribution in [0.4, 0.5) is 4.39 Å². The van der Waals surface area contributed by atoms with E-state index < -0.39 is 11.4 Å². The van der Waals surface area contributed by atoms with E-state index in [1.165, 1.54) is 54.7 Å². The molecule has 2 aliphatic rings. The zero-order valence-corrected chi connectivity index (χ0v) is 25.5. The van der Waals surface area contributed by atoms with Crippen molar-refractivity contribution in [3.63, 3.8) is 0 Å². The van der Waals surface area contributed by atoms with Gasteiger partial charge in [0.2, 0.25) is 0 Å². The lowest BCUT2D eigenvalue weighted by Gasteiger charge is -2.31. The third-order valence-electron chi connectivity index (χ3n) is 8.91. The number of halogens is 1. The van der Waals surface area contributed by atoms with Crippen molar-refractivity contribution in [2.24, 2.45) is 0 Å². The second-order valence-corrected chi connectivity index (χ2v) is 13.1. The number of benzene rings is 1. The molecule has 9 heteroatoms. The van der Waals surface area contributed by atoms with Crippen LogP contribution in [0, 0.1) is 5.82 Å². The van der Waals surface area contributed by atoms with Gasteiger partial charge in [0.25, 0.3) is 11.5 Å². The van der Waals surface area contributed by atoms with E-state index in [-0.39, 0.29) is 40.8 Å². The molecule has 2 fully saturated rings. The summed E-state index contributed by atoms with van der Waals surface area (Å²) in [6.07, 6.45) is 13.9. The zero-order chi connectivity index (χ0) is 29.5. The van der Waals surface area contributed by atoms with E-state index in [1.807, 2.05) is 23.9 Å². The van der Waals surface area contributed by atoms with Crippen LogP contribution in [-0.2, 0) is 6.42 Å². The van der Waals surface area contributed by atoms with Crippen LogP contribution in [-0.4, -0.2) is 37.6 Å². The van der Waals surface area contributed by atoms with Gasteiger partial charge in [0.05, 0.1) is 11.6 Å². The van der Waals surface area contributed by atoms with Crippen LogP contribution >= 0.6 is 11.8 Å². The molecular formula is C33H43FN4O3S. The first-order valence-corrected chi connectivity index (χ1v) is 16.9. The Morgan fingerprint density at radius 2 is 1.60 bits per heavy atom. The third-order valence-corrected chi connectivity index (χ3v) is 9.96. The molecule has 3 aromatic rings. The number of unbranched alkanes of at least 4 members (excludes halogenated alkanes) is 5. The summed E-state index contributed by atoms with van der Waals surface area (Å²) in [7, 11) is 0. The number of pyridine rings is 1. The average molecular weight is 595 g/mol. The van der Waals surface area contributed by atoms with E-state index in [4.69, 9.17) is 0 Å². The Hall–Kier alpha value is -2.94. The number of rotatable bonds is 11. The summed E-state index contributed by atoms with van der Waals surface area (Å²) in [5.41, 5.74) is 1.36. The van der Waals surface area contributed by atoms with Crippen molar-refractivity contribution in [3.8, 4) is 0 Å². The van der Waals surface area contributed by atoms with Gasteiger partial charge >= 0.3 is 5.69 Å². The Labute approximate surface area is 251 Å². The van der Waals surface area contributed by atoms with E-state index in [2.05, 4.69) is 29.4 Å². The molecule has 7 nitrogen and oxygen atoms in total. The predicted molar refractivity (Wildman–Crippen MR) is 168 cm³/mol. The summed E-state index contributed by atoms with van der Waals surface area (Å²) in [5, 5.41) is 3.31. The van der Waals surface area contributed by atoms with Gasteiger partial charge in [-0.05, 0) is 86.6 Å². The molecule has 1 saturated heterocycles. The van der Waals surface area contributed by atoms with Crippen molar-refractivity contribution in [2.45, 2.75) is 109 Å². The summed E-state index contributed by atoms with van der Waals surface area (Å²) in [5.74, 6) is 1.20. The molecule has 1 aliphatic heterocycles. The molecule has 1 aliphatic carbocycles. The van der Waals surface area contributed by atoms with Gasteiger partial charge in [-0.15, -0.1) is 0 Å². The van der Waals surface area contributed by atoms with Gasteiger partial charge in [-0.1, -0.05) is 51.2 Å². The maximum absolute atomic E-state index is 14.2. The maximum Gasteiger partial charge on any atom is 0.333 e. The first kappa shape index (κ1) is 30.5. The zero-order valence-electron chi connectivity index (χ0n) is 24.7. The monoisotopic (exact) mass is 594 g/mol. The molecule has 1 amide bonds. The fraction of sp³-hybridized carbons (Fsp3) is 0.576. The minimum atomic E-state index is -0.586. The van der Waals surface area contributed by atoms with Crippen LogP contribution in [0.15, 0.2) is 46.1 Å². The Balaban J connectivity index is 1.22. The van der Waals surface area contributed by atoms with Gasteiger partial charge in [-0.2, -0.15) is 11.8 Å². The fourth-order valence-electron chi connectivity index (χ4n) is 6.48. The van der Waals surface area contributed by atoms with Gasteiger partial charge in [-0.25, -0.2) is 14.2 Å². The first-order valence-electron chi connectivity index (χ1n) is 15.8. The van der Waals surface area contributed by atoms with Gasteiger partial charge in [0.15, 0.2) is 0 Å². The predicted octanol–water partition coefficient (Wildman–Crippen LogP) is 6.58. The number of fused-ring (bicyclic) bond motifs is 1. The van der Waals surface area contributed by atoms with Crippen molar-refractivity contribution >= 4 is 28.7 Å². The topological polar surface area (TPSA) is 86.0 Å². The third kappa shape index (κ3) is 7.16. The molecule has 0 spiro atoms. The number of aryl methyl sites for hydroxylation is 1. The Kier molecular flexibility index (Phi) is 10.5. The summed E-state index contributed by atoms with van der Waals surface area (Å²) >= 11 is 1.85. The smallest absolute Gasteiger partial charge is 0.333 e. The number of hydrogen-bond donors (Lipinski definition) is 1. The summed E-state index contributed by atoms with van der Waals surface area (Å²) in [4.78, 5) is 44.5. The molecule has 1 saturated carbocycles. The first-order chi connectivity index (χ1) is 20.5. The van der Waals surface area contributed by atoms with Gasteiger partial charge in [0, 0.05) is 23.7 Å². The Morgan fingerprint density at radius 1 is 0.929 bits per heavy atom. The SMILES string of the molecule is CCCCCCCCc1ccc(C(=O)NC2CCC(n3c(=O)c4cc(F)cnc4n(C4CCSCC4)c3=O)CC2)cc1. The van der Waals surface area contributed by atoms with E-state index >= 15 is 0 Å². The second-order valence-electron chi connectivity index (χ2n) is 11.9. The lowest BCUT2D eigenvalue weighted by molar-refractivity contribution is 0.0922. The molecule has 2 aromatic heterocycles.